The number of hydrogen-bond donors (Lipinski definition) is 1. The normalized spacial score (nSPS) is 29.3. The molecule has 0 unspecified atom stereocenters. The molecule has 2 fully saturated rings. The van der Waals surface area contributed by atoms with Crippen LogP contribution in [0.2, 0.25) is 0 Å². The first-order valence-corrected chi connectivity index (χ1v) is 9.18. The van der Waals surface area contributed by atoms with Crippen molar-refractivity contribution in [2.24, 2.45) is 11.8 Å². The van der Waals surface area contributed by atoms with Crippen molar-refractivity contribution >= 4 is 5.97 Å². The van der Waals surface area contributed by atoms with Crippen molar-refractivity contribution in [3.8, 4) is 0 Å². The van der Waals surface area contributed by atoms with Crippen LogP contribution in [-0.2, 0) is 9.53 Å². The van der Waals surface area contributed by atoms with E-state index in [-0.39, 0.29) is 11.9 Å². The third kappa shape index (κ3) is 4.14. The molecular weight excluding hydrogens is 290 g/mol. The minimum atomic E-state index is 0.0124. The summed E-state index contributed by atoms with van der Waals surface area (Å²) in [5, 5.41) is 0. The Kier molecular flexibility index (Phi) is 5.70. The first kappa shape index (κ1) is 16.5. The highest BCUT2D eigenvalue weighted by atomic mass is 16.5. The largest absolute Gasteiger partial charge is 0.466 e. The number of nitrogens with one attached hydrogen (secondary N) is 1. The quantitative estimate of drug-likeness (QED) is 0.846. The van der Waals surface area contributed by atoms with Gasteiger partial charge in [0, 0.05) is 18.9 Å². The van der Waals surface area contributed by atoms with Crippen molar-refractivity contribution in [2.75, 3.05) is 19.7 Å². The van der Waals surface area contributed by atoms with E-state index in [0.717, 1.165) is 38.2 Å². The summed E-state index contributed by atoms with van der Waals surface area (Å²) in [5.41, 5.74) is 0. The van der Waals surface area contributed by atoms with E-state index in [0.29, 0.717) is 18.6 Å². The van der Waals surface area contributed by atoms with E-state index in [1.165, 1.54) is 25.7 Å². The van der Waals surface area contributed by atoms with Crippen LogP contribution in [0.1, 0.15) is 63.7 Å². The Morgan fingerprint density at radius 3 is 3.04 bits per heavy atom. The van der Waals surface area contributed by atoms with Gasteiger partial charge in [-0.2, -0.15) is 0 Å². The molecule has 1 aromatic heterocycles. The van der Waals surface area contributed by atoms with E-state index >= 15 is 0 Å². The van der Waals surface area contributed by atoms with E-state index in [1.807, 2.05) is 19.3 Å². The van der Waals surface area contributed by atoms with Gasteiger partial charge in [-0.25, -0.2) is 4.98 Å². The van der Waals surface area contributed by atoms with Gasteiger partial charge >= 0.3 is 5.97 Å². The zero-order chi connectivity index (χ0) is 16.1. The SMILES string of the molecule is CCOC(=O)[C@@H]1CCC[C@H](CN2CCCC[C@H]2c2ncc[nH]2)C1. The second kappa shape index (κ2) is 7.95. The number of carbonyl (C=O) groups excluding carboxylic acids is 1. The second-order valence-electron chi connectivity index (χ2n) is 6.96. The van der Waals surface area contributed by atoms with Crippen molar-refractivity contribution in [3.63, 3.8) is 0 Å². The van der Waals surface area contributed by atoms with Crippen LogP contribution < -0.4 is 0 Å². The Labute approximate surface area is 138 Å². The maximum Gasteiger partial charge on any atom is 0.308 e. The summed E-state index contributed by atoms with van der Waals surface area (Å²) in [6, 6.07) is 0.418. The number of carbonyl (C=O) groups is 1. The maximum absolute atomic E-state index is 12.0. The standard InChI is InChI=1S/C18H29N3O2/c1-2-23-18(22)15-7-5-6-14(12-15)13-21-11-4-3-8-16(21)17-19-9-10-20-17/h9-10,14-16H,2-8,11-13H2,1H3,(H,19,20)/t14-,15+,16-/m0/s1. The number of H-pyrrole nitrogens is 1. The molecule has 1 aliphatic carbocycles. The van der Waals surface area contributed by atoms with Crippen LogP contribution in [0.4, 0.5) is 0 Å². The molecule has 0 aromatic carbocycles. The number of hydrogen-bond acceptors (Lipinski definition) is 4. The Hall–Kier alpha value is -1.36. The molecule has 1 saturated carbocycles. The third-order valence-electron chi connectivity index (χ3n) is 5.34. The van der Waals surface area contributed by atoms with Crippen LogP contribution in [-0.4, -0.2) is 40.5 Å². The lowest BCUT2D eigenvalue weighted by molar-refractivity contribution is -0.149. The zero-order valence-electron chi connectivity index (χ0n) is 14.2. The Morgan fingerprint density at radius 2 is 2.26 bits per heavy atom. The highest BCUT2D eigenvalue weighted by molar-refractivity contribution is 5.72. The Bertz CT molecular complexity index is 488. The number of rotatable bonds is 5. The number of aromatic nitrogens is 2. The molecule has 0 radical (unpaired) electrons. The summed E-state index contributed by atoms with van der Waals surface area (Å²) < 4.78 is 5.23. The lowest BCUT2D eigenvalue weighted by Gasteiger charge is -2.38. The number of ether oxygens (including phenoxy) is 1. The van der Waals surface area contributed by atoms with Gasteiger partial charge in [0.25, 0.3) is 0 Å². The fourth-order valence-corrected chi connectivity index (χ4v) is 4.24. The molecule has 5 heteroatoms. The highest BCUT2D eigenvalue weighted by Crippen LogP contribution is 2.35. The van der Waals surface area contributed by atoms with Gasteiger partial charge in [0.15, 0.2) is 0 Å². The van der Waals surface area contributed by atoms with Gasteiger partial charge in [0.2, 0.25) is 0 Å². The van der Waals surface area contributed by atoms with Gasteiger partial charge in [-0.05, 0) is 51.5 Å². The molecule has 5 nitrogen and oxygen atoms in total. The molecule has 1 aromatic rings. The molecule has 1 N–H and O–H groups in total. The van der Waals surface area contributed by atoms with Crippen molar-refractivity contribution in [1.29, 1.82) is 0 Å². The fraction of sp³-hybridized carbons (Fsp3) is 0.778. The average molecular weight is 319 g/mol. The predicted molar refractivity (Wildman–Crippen MR) is 88.8 cm³/mol. The molecule has 0 amide bonds. The smallest absolute Gasteiger partial charge is 0.308 e. The number of aromatic amines is 1. The summed E-state index contributed by atoms with van der Waals surface area (Å²) in [6.07, 6.45) is 11.9. The Morgan fingerprint density at radius 1 is 1.35 bits per heavy atom. The van der Waals surface area contributed by atoms with Crippen molar-refractivity contribution < 1.29 is 9.53 Å². The van der Waals surface area contributed by atoms with Gasteiger partial charge in [0.05, 0.1) is 18.6 Å². The fourth-order valence-electron chi connectivity index (χ4n) is 4.24. The first-order chi connectivity index (χ1) is 11.3. The van der Waals surface area contributed by atoms with Gasteiger partial charge in [-0.1, -0.05) is 12.8 Å². The van der Waals surface area contributed by atoms with Crippen LogP contribution in [0, 0.1) is 11.8 Å². The van der Waals surface area contributed by atoms with Crippen molar-refractivity contribution in [2.45, 2.75) is 57.9 Å². The number of nitrogens with zero attached hydrogens (tertiary/aromatic N) is 2. The maximum atomic E-state index is 12.0. The third-order valence-corrected chi connectivity index (χ3v) is 5.34. The lowest BCUT2D eigenvalue weighted by Crippen LogP contribution is -2.39. The number of piperidine rings is 1. The van der Waals surface area contributed by atoms with E-state index in [1.54, 1.807) is 0 Å². The number of likely N-dealkylation sites (tertiary alicyclic amines) is 1. The molecule has 1 saturated heterocycles. The Balaban J connectivity index is 1.59. The summed E-state index contributed by atoms with van der Waals surface area (Å²) in [4.78, 5) is 22.4. The van der Waals surface area contributed by atoms with E-state index in [9.17, 15) is 4.79 Å². The van der Waals surface area contributed by atoms with Gasteiger partial charge < -0.3 is 9.72 Å². The number of esters is 1. The first-order valence-electron chi connectivity index (χ1n) is 9.18. The summed E-state index contributed by atoms with van der Waals surface area (Å²) in [6.45, 7) is 4.61. The molecule has 23 heavy (non-hydrogen) atoms. The van der Waals surface area contributed by atoms with Crippen LogP contribution in [0.5, 0.6) is 0 Å². The van der Waals surface area contributed by atoms with Crippen LogP contribution in [0.3, 0.4) is 0 Å². The minimum absolute atomic E-state index is 0.0124. The van der Waals surface area contributed by atoms with Gasteiger partial charge in [0.1, 0.15) is 5.82 Å². The molecule has 0 bridgehead atoms. The highest BCUT2D eigenvalue weighted by Gasteiger charge is 2.32. The molecule has 128 valence electrons. The zero-order valence-corrected chi connectivity index (χ0v) is 14.2. The van der Waals surface area contributed by atoms with E-state index in [4.69, 9.17) is 4.74 Å². The average Bonchev–Trinajstić information content (AvgIpc) is 3.10. The molecular formula is C18H29N3O2. The molecule has 3 rings (SSSR count). The second-order valence-corrected chi connectivity index (χ2v) is 6.96. The molecule has 1 aliphatic heterocycles. The molecule has 2 aliphatic rings. The van der Waals surface area contributed by atoms with Crippen LogP contribution in [0.25, 0.3) is 0 Å². The molecule has 3 atom stereocenters. The molecule has 0 spiro atoms. The van der Waals surface area contributed by atoms with E-state index in [2.05, 4.69) is 14.9 Å². The minimum Gasteiger partial charge on any atom is -0.466 e. The molecule has 2 heterocycles. The van der Waals surface area contributed by atoms with Crippen LogP contribution in [0.15, 0.2) is 12.4 Å². The van der Waals surface area contributed by atoms with Crippen molar-refractivity contribution in [1.82, 2.24) is 14.9 Å². The van der Waals surface area contributed by atoms with Gasteiger partial charge in [-0.15, -0.1) is 0 Å². The monoisotopic (exact) mass is 319 g/mol. The number of imidazole rings is 1. The van der Waals surface area contributed by atoms with E-state index < -0.39 is 0 Å². The van der Waals surface area contributed by atoms with Gasteiger partial charge in [-0.3, -0.25) is 9.69 Å². The topological polar surface area (TPSA) is 58.2 Å². The summed E-state index contributed by atoms with van der Waals surface area (Å²) in [5.74, 6) is 1.83. The van der Waals surface area contributed by atoms with Crippen molar-refractivity contribution in [3.05, 3.63) is 18.2 Å². The summed E-state index contributed by atoms with van der Waals surface area (Å²) in [7, 11) is 0. The summed E-state index contributed by atoms with van der Waals surface area (Å²) >= 11 is 0. The lowest BCUT2D eigenvalue weighted by atomic mass is 9.80. The predicted octanol–water partition coefficient (Wildman–Crippen LogP) is 3.31. The van der Waals surface area contributed by atoms with Crippen LogP contribution >= 0.6 is 0 Å².